The minimum Gasteiger partial charge on any atom is -0.348 e. The molecular weight excluding hydrogens is 284 g/mol. The van der Waals surface area contributed by atoms with Crippen LogP contribution in [-0.2, 0) is 9.59 Å². The van der Waals surface area contributed by atoms with Crippen LogP contribution in [0, 0.1) is 0 Å². The molecule has 1 N–H and O–H groups in total. The quantitative estimate of drug-likeness (QED) is 0.923. The molecule has 1 atom stereocenters. The third-order valence-corrected chi connectivity index (χ3v) is 4.15. The van der Waals surface area contributed by atoms with Crippen molar-refractivity contribution in [3.8, 4) is 0 Å². The first-order valence-corrected chi connectivity index (χ1v) is 7.58. The van der Waals surface area contributed by atoms with Crippen LogP contribution in [0.5, 0.6) is 0 Å². The Morgan fingerprint density at radius 2 is 1.90 bits per heavy atom. The van der Waals surface area contributed by atoms with Crippen molar-refractivity contribution >= 4 is 28.8 Å². The molecule has 4 nitrogen and oxygen atoms in total. The fourth-order valence-electron chi connectivity index (χ4n) is 2.06. The second-order valence-corrected chi connectivity index (χ2v) is 5.74. The molecule has 110 valence electrons. The van der Waals surface area contributed by atoms with Crippen LogP contribution in [0.1, 0.15) is 24.3 Å². The number of hydrogen-bond acceptors (Lipinski definition) is 3. The Kier molecular flexibility index (Phi) is 5.11. The molecule has 1 heterocycles. The molecule has 5 heteroatoms. The molecule has 21 heavy (non-hydrogen) atoms. The van der Waals surface area contributed by atoms with E-state index in [-0.39, 0.29) is 24.3 Å². The predicted octanol–water partition coefficient (Wildman–Crippen LogP) is 2.98. The molecule has 1 unspecified atom stereocenters. The molecule has 0 aliphatic carbocycles. The molecule has 2 amide bonds. The molecule has 0 spiro atoms. The van der Waals surface area contributed by atoms with E-state index < -0.39 is 0 Å². The molecule has 0 radical (unpaired) electrons. The molecule has 0 aliphatic heterocycles. The van der Waals surface area contributed by atoms with Gasteiger partial charge in [-0.3, -0.25) is 9.59 Å². The summed E-state index contributed by atoms with van der Waals surface area (Å²) in [6, 6.07) is 13.0. The van der Waals surface area contributed by atoms with Crippen LogP contribution in [0.15, 0.2) is 47.8 Å². The van der Waals surface area contributed by atoms with Gasteiger partial charge in [0, 0.05) is 24.5 Å². The van der Waals surface area contributed by atoms with Gasteiger partial charge in [-0.15, -0.1) is 11.3 Å². The third kappa shape index (κ3) is 4.16. The van der Waals surface area contributed by atoms with Crippen LogP contribution in [0.3, 0.4) is 0 Å². The van der Waals surface area contributed by atoms with E-state index in [9.17, 15) is 9.59 Å². The average Bonchev–Trinajstić information content (AvgIpc) is 3.00. The van der Waals surface area contributed by atoms with Crippen molar-refractivity contribution in [3.63, 3.8) is 0 Å². The standard InChI is InChI=1S/C16H18N2O2S/c1-12(19)17-14(15-9-6-10-21-15)11-16(20)18(2)13-7-4-3-5-8-13/h3-10,14H,11H2,1-2H3,(H,17,19). The van der Waals surface area contributed by atoms with Crippen LogP contribution in [0.4, 0.5) is 5.69 Å². The lowest BCUT2D eigenvalue weighted by Gasteiger charge is -2.21. The van der Waals surface area contributed by atoms with E-state index in [0.29, 0.717) is 0 Å². The Hall–Kier alpha value is -2.14. The number of amides is 2. The highest BCUT2D eigenvalue weighted by Crippen LogP contribution is 2.24. The minimum absolute atomic E-state index is 0.0339. The van der Waals surface area contributed by atoms with Gasteiger partial charge in [-0.05, 0) is 23.6 Å². The molecular formula is C16H18N2O2S. The predicted molar refractivity (Wildman–Crippen MR) is 85.3 cm³/mol. The SMILES string of the molecule is CC(=O)NC(CC(=O)N(C)c1ccccc1)c1cccs1. The highest BCUT2D eigenvalue weighted by atomic mass is 32.1. The monoisotopic (exact) mass is 302 g/mol. The van der Waals surface area contributed by atoms with Crippen molar-refractivity contribution in [2.75, 3.05) is 11.9 Å². The zero-order chi connectivity index (χ0) is 15.2. The Morgan fingerprint density at radius 3 is 2.48 bits per heavy atom. The van der Waals surface area contributed by atoms with Crippen molar-refractivity contribution in [2.24, 2.45) is 0 Å². The van der Waals surface area contributed by atoms with Crippen molar-refractivity contribution < 1.29 is 9.59 Å². The molecule has 1 aromatic carbocycles. The fourth-order valence-corrected chi connectivity index (χ4v) is 2.84. The number of carbonyl (C=O) groups is 2. The largest absolute Gasteiger partial charge is 0.348 e. The number of nitrogens with zero attached hydrogens (tertiary/aromatic N) is 1. The number of carbonyl (C=O) groups excluding carboxylic acids is 2. The van der Waals surface area contributed by atoms with Gasteiger partial charge in [-0.1, -0.05) is 24.3 Å². The van der Waals surface area contributed by atoms with E-state index in [1.165, 1.54) is 18.3 Å². The maximum absolute atomic E-state index is 12.4. The van der Waals surface area contributed by atoms with E-state index >= 15 is 0 Å². The lowest BCUT2D eigenvalue weighted by molar-refractivity contribution is -0.121. The Labute approximate surface area is 128 Å². The highest BCUT2D eigenvalue weighted by Gasteiger charge is 2.20. The zero-order valence-corrected chi connectivity index (χ0v) is 12.9. The van der Waals surface area contributed by atoms with Crippen LogP contribution in [0.2, 0.25) is 0 Å². The van der Waals surface area contributed by atoms with Crippen molar-refractivity contribution in [1.82, 2.24) is 5.32 Å². The molecule has 1 aromatic heterocycles. The maximum atomic E-state index is 12.4. The van der Waals surface area contributed by atoms with E-state index in [1.807, 2.05) is 47.8 Å². The van der Waals surface area contributed by atoms with E-state index in [0.717, 1.165) is 10.6 Å². The minimum atomic E-state index is -0.277. The third-order valence-electron chi connectivity index (χ3n) is 3.16. The van der Waals surface area contributed by atoms with Crippen LogP contribution in [-0.4, -0.2) is 18.9 Å². The first-order chi connectivity index (χ1) is 10.1. The molecule has 2 rings (SSSR count). The molecule has 0 fully saturated rings. The summed E-state index contributed by atoms with van der Waals surface area (Å²) in [5.41, 5.74) is 0.843. The van der Waals surface area contributed by atoms with Gasteiger partial charge in [0.05, 0.1) is 12.5 Å². The number of anilines is 1. The van der Waals surface area contributed by atoms with Gasteiger partial charge in [0.1, 0.15) is 0 Å². The van der Waals surface area contributed by atoms with Gasteiger partial charge in [0.2, 0.25) is 11.8 Å². The second-order valence-electron chi connectivity index (χ2n) is 4.76. The first-order valence-electron chi connectivity index (χ1n) is 6.70. The summed E-state index contributed by atoms with van der Waals surface area (Å²) in [4.78, 5) is 26.3. The van der Waals surface area contributed by atoms with Gasteiger partial charge < -0.3 is 10.2 Å². The average molecular weight is 302 g/mol. The summed E-state index contributed by atoms with van der Waals surface area (Å²) < 4.78 is 0. The zero-order valence-electron chi connectivity index (χ0n) is 12.1. The van der Waals surface area contributed by atoms with E-state index in [2.05, 4.69) is 5.32 Å². The fraction of sp³-hybridized carbons (Fsp3) is 0.250. The number of para-hydroxylation sites is 1. The Balaban J connectivity index is 2.09. The summed E-state index contributed by atoms with van der Waals surface area (Å²) in [5.74, 6) is -0.170. The second kappa shape index (κ2) is 7.04. The molecule has 0 saturated heterocycles. The van der Waals surface area contributed by atoms with Crippen molar-refractivity contribution in [3.05, 3.63) is 52.7 Å². The molecule has 0 aliphatic rings. The smallest absolute Gasteiger partial charge is 0.229 e. The van der Waals surface area contributed by atoms with Crippen molar-refractivity contribution in [2.45, 2.75) is 19.4 Å². The van der Waals surface area contributed by atoms with Gasteiger partial charge >= 0.3 is 0 Å². The summed E-state index contributed by atoms with van der Waals surface area (Å²) in [6.07, 6.45) is 0.242. The lowest BCUT2D eigenvalue weighted by atomic mass is 10.1. The number of hydrogen-bond donors (Lipinski definition) is 1. The maximum Gasteiger partial charge on any atom is 0.229 e. The summed E-state index contributed by atoms with van der Waals surface area (Å²) >= 11 is 1.54. The summed E-state index contributed by atoms with van der Waals surface area (Å²) in [5, 5.41) is 4.78. The van der Waals surface area contributed by atoms with Crippen molar-refractivity contribution in [1.29, 1.82) is 0 Å². The van der Waals surface area contributed by atoms with Gasteiger partial charge in [-0.25, -0.2) is 0 Å². The highest BCUT2D eigenvalue weighted by molar-refractivity contribution is 7.10. The number of rotatable bonds is 5. The van der Waals surface area contributed by atoms with Crippen LogP contribution < -0.4 is 10.2 Å². The van der Waals surface area contributed by atoms with Gasteiger partial charge in [0.25, 0.3) is 0 Å². The van der Waals surface area contributed by atoms with Crippen LogP contribution in [0.25, 0.3) is 0 Å². The normalized spacial score (nSPS) is 11.7. The van der Waals surface area contributed by atoms with Crippen LogP contribution >= 0.6 is 11.3 Å². The van der Waals surface area contributed by atoms with Gasteiger partial charge in [0.15, 0.2) is 0 Å². The van der Waals surface area contributed by atoms with E-state index in [4.69, 9.17) is 0 Å². The Bertz CT molecular complexity index is 596. The topological polar surface area (TPSA) is 49.4 Å². The lowest BCUT2D eigenvalue weighted by Crippen LogP contribution is -2.33. The van der Waals surface area contributed by atoms with Gasteiger partial charge in [-0.2, -0.15) is 0 Å². The first kappa shape index (κ1) is 15.3. The molecule has 0 saturated carbocycles. The summed E-state index contributed by atoms with van der Waals surface area (Å²) in [7, 11) is 1.75. The number of thiophene rings is 1. The Morgan fingerprint density at radius 1 is 1.19 bits per heavy atom. The number of nitrogens with one attached hydrogen (secondary N) is 1. The number of benzene rings is 1. The molecule has 0 bridgehead atoms. The summed E-state index contributed by atoms with van der Waals surface area (Å²) in [6.45, 7) is 1.46. The molecule has 2 aromatic rings. The van der Waals surface area contributed by atoms with E-state index in [1.54, 1.807) is 11.9 Å².